The summed E-state index contributed by atoms with van der Waals surface area (Å²) < 4.78 is 11.8. The third-order valence-electron chi connectivity index (χ3n) is 5.34. The van der Waals surface area contributed by atoms with Crippen LogP contribution in [0.3, 0.4) is 0 Å². The first kappa shape index (κ1) is 24.0. The Kier molecular flexibility index (Phi) is 7.41. The smallest absolute Gasteiger partial charge is 0.260 e. The van der Waals surface area contributed by atoms with Gasteiger partial charge in [0, 0.05) is 24.2 Å². The lowest BCUT2D eigenvalue weighted by Gasteiger charge is -2.22. The fourth-order valence-corrected chi connectivity index (χ4v) is 4.46. The SMILES string of the molecule is COc1cc2nc(N(CCCN(C)C)C(=O)c3ccc(C(C)(C)C)cc3)sc2cc1OC. The van der Waals surface area contributed by atoms with Crippen molar-refractivity contribution in [3.63, 3.8) is 0 Å². The highest BCUT2D eigenvalue weighted by Gasteiger charge is 2.23. The largest absolute Gasteiger partial charge is 0.493 e. The van der Waals surface area contributed by atoms with E-state index >= 15 is 0 Å². The number of rotatable bonds is 8. The standard InChI is InChI=1S/C25H33N3O3S/c1-25(2,3)18-11-9-17(10-12-18)23(29)28(14-8-13-27(4)5)24-26-19-15-20(30-6)21(31-7)16-22(19)32-24/h9-12,15-16H,8,13-14H2,1-7H3. The van der Waals surface area contributed by atoms with Crippen molar-refractivity contribution >= 4 is 32.6 Å². The van der Waals surface area contributed by atoms with Crippen LogP contribution in [0.1, 0.15) is 43.1 Å². The fourth-order valence-electron chi connectivity index (χ4n) is 3.46. The second kappa shape index (κ2) is 9.88. The summed E-state index contributed by atoms with van der Waals surface area (Å²) in [6.07, 6.45) is 0.849. The molecule has 0 N–H and O–H groups in total. The number of carbonyl (C=O) groups excluding carboxylic acids is 1. The zero-order valence-corrected chi connectivity index (χ0v) is 20.9. The van der Waals surface area contributed by atoms with Gasteiger partial charge in [-0.15, -0.1) is 0 Å². The normalized spacial score (nSPS) is 11.8. The van der Waals surface area contributed by atoms with Crippen molar-refractivity contribution in [2.45, 2.75) is 32.6 Å². The number of thiazole rings is 1. The Labute approximate surface area is 194 Å². The van der Waals surface area contributed by atoms with Gasteiger partial charge in [-0.05, 0) is 50.2 Å². The Balaban J connectivity index is 1.97. The molecule has 32 heavy (non-hydrogen) atoms. The summed E-state index contributed by atoms with van der Waals surface area (Å²) in [6, 6.07) is 11.7. The van der Waals surface area contributed by atoms with Gasteiger partial charge in [0.05, 0.1) is 24.4 Å². The van der Waals surface area contributed by atoms with Gasteiger partial charge in [0.2, 0.25) is 0 Å². The lowest BCUT2D eigenvalue weighted by molar-refractivity contribution is 0.0986. The molecule has 0 unspecified atom stereocenters. The number of aromatic nitrogens is 1. The van der Waals surface area contributed by atoms with Crippen molar-refractivity contribution < 1.29 is 14.3 Å². The van der Waals surface area contributed by atoms with Crippen molar-refractivity contribution in [2.24, 2.45) is 0 Å². The van der Waals surface area contributed by atoms with Crippen LogP contribution in [-0.2, 0) is 5.41 Å². The van der Waals surface area contributed by atoms with Gasteiger partial charge in [-0.25, -0.2) is 4.98 Å². The van der Waals surface area contributed by atoms with Crippen LogP contribution in [0.2, 0.25) is 0 Å². The molecule has 0 saturated heterocycles. The highest BCUT2D eigenvalue weighted by atomic mass is 32.1. The predicted molar refractivity (Wildman–Crippen MR) is 133 cm³/mol. The molecule has 7 heteroatoms. The summed E-state index contributed by atoms with van der Waals surface area (Å²) >= 11 is 1.49. The van der Waals surface area contributed by atoms with E-state index in [1.807, 2.05) is 50.5 Å². The van der Waals surface area contributed by atoms with E-state index in [4.69, 9.17) is 14.5 Å². The van der Waals surface area contributed by atoms with Gasteiger partial charge in [0.25, 0.3) is 5.91 Å². The van der Waals surface area contributed by atoms with Crippen LogP contribution in [0.15, 0.2) is 36.4 Å². The van der Waals surface area contributed by atoms with Gasteiger partial charge in [0.1, 0.15) is 0 Å². The van der Waals surface area contributed by atoms with Gasteiger partial charge in [-0.3, -0.25) is 9.69 Å². The second-order valence-corrected chi connectivity index (χ2v) is 10.1. The van der Waals surface area contributed by atoms with Crippen LogP contribution < -0.4 is 14.4 Å². The van der Waals surface area contributed by atoms with E-state index in [2.05, 4.69) is 25.7 Å². The Morgan fingerprint density at radius 2 is 1.62 bits per heavy atom. The molecule has 0 aliphatic carbocycles. The van der Waals surface area contributed by atoms with Gasteiger partial charge >= 0.3 is 0 Å². The average molecular weight is 456 g/mol. The van der Waals surface area contributed by atoms with Gasteiger partial charge in [0.15, 0.2) is 16.6 Å². The number of fused-ring (bicyclic) bond motifs is 1. The molecule has 1 heterocycles. The number of hydrogen-bond donors (Lipinski definition) is 0. The molecule has 0 spiro atoms. The van der Waals surface area contributed by atoms with Crippen molar-refractivity contribution in [3.05, 3.63) is 47.5 Å². The molecule has 172 valence electrons. The van der Waals surface area contributed by atoms with E-state index in [-0.39, 0.29) is 11.3 Å². The first-order valence-electron chi connectivity index (χ1n) is 10.7. The topological polar surface area (TPSA) is 54.9 Å². The number of nitrogens with zero attached hydrogens (tertiary/aromatic N) is 3. The molecule has 3 rings (SSSR count). The van der Waals surface area contributed by atoms with Crippen molar-refractivity contribution in [1.82, 2.24) is 9.88 Å². The number of methoxy groups -OCH3 is 2. The number of ether oxygens (including phenoxy) is 2. The predicted octanol–water partition coefficient (Wildman–Crippen LogP) is 5.21. The van der Waals surface area contributed by atoms with Crippen LogP contribution in [0.4, 0.5) is 5.13 Å². The molecule has 0 aliphatic heterocycles. The molecular formula is C25H33N3O3S. The van der Waals surface area contributed by atoms with E-state index in [0.29, 0.717) is 28.7 Å². The molecule has 0 bridgehead atoms. The average Bonchev–Trinajstić information content (AvgIpc) is 3.17. The summed E-state index contributed by atoms with van der Waals surface area (Å²) in [5.41, 5.74) is 2.69. The van der Waals surface area contributed by atoms with Gasteiger partial charge in [-0.2, -0.15) is 0 Å². The van der Waals surface area contributed by atoms with Crippen LogP contribution in [0.5, 0.6) is 11.5 Å². The van der Waals surface area contributed by atoms with Crippen molar-refractivity contribution in [2.75, 3.05) is 46.3 Å². The lowest BCUT2D eigenvalue weighted by Crippen LogP contribution is -2.33. The highest BCUT2D eigenvalue weighted by Crippen LogP contribution is 2.37. The summed E-state index contributed by atoms with van der Waals surface area (Å²) in [5.74, 6) is 1.24. The van der Waals surface area contributed by atoms with E-state index in [0.717, 1.165) is 23.2 Å². The van der Waals surface area contributed by atoms with E-state index in [9.17, 15) is 4.79 Å². The maximum Gasteiger partial charge on any atom is 0.260 e. The minimum atomic E-state index is -0.0396. The quantitative estimate of drug-likeness (QED) is 0.467. The summed E-state index contributed by atoms with van der Waals surface area (Å²) in [6.45, 7) is 7.98. The fraction of sp³-hybridized carbons (Fsp3) is 0.440. The molecule has 6 nitrogen and oxygen atoms in total. The first-order valence-corrected chi connectivity index (χ1v) is 11.6. The van der Waals surface area contributed by atoms with Crippen LogP contribution >= 0.6 is 11.3 Å². The molecule has 0 fully saturated rings. The zero-order chi connectivity index (χ0) is 23.5. The number of benzene rings is 2. The number of carbonyl (C=O) groups is 1. The van der Waals surface area contributed by atoms with Crippen LogP contribution in [0, 0.1) is 0 Å². The molecular weight excluding hydrogens is 422 g/mol. The second-order valence-electron chi connectivity index (χ2n) is 9.11. The number of hydrogen-bond acceptors (Lipinski definition) is 6. The Hall–Kier alpha value is -2.64. The summed E-state index contributed by atoms with van der Waals surface area (Å²) in [4.78, 5) is 22.2. The van der Waals surface area contributed by atoms with Gasteiger partial charge < -0.3 is 14.4 Å². The molecule has 0 atom stereocenters. The van der Waals surface area contributed by atoms with Crippen LogP contribution in [0.25, 0.3) is 10.2 Å². The Bertz CT molecular complexity index is 1030. The molecule has 1 aromatic heterocycles. The molecule has 0 saturated carbocycles. The molecule has 0 aliphatic rings. The van der Waals surface area contributed by atoms with Gasteiger partial charge in [-0.1, -0.05) is 44.2 Å². The summed E-state index contributed by atoms with van der Waals surface area (Å²) in [7, 11) is 7.29. The molecule has 2 aromatic carbocycles. The maximum absolute atomic E-state index is 13.5. The molecule has 3 aromatic rings. The lowest BCUT2D eigenvalue weighted by atomic mass is 9.86. The third kappa shape index (κ3) is 5.40. The van der Waals surface area contributed by atoms with E-state index < -0.39 is 0 Å². The minimum Gasteiger partial charge on any atom is -0.493 e. The third-order valence-corrected chi connectivity index (χ3v) is 6.38. The van der Waals surface area contributed by atoms with Crippen LogP contribution in [-0.4, -0.2) is 57.2 Å². The van der Waals surface area contributed by atoms with E-state index in [1.165, 1.54) is 16.9 Å². The monoisotopic (exact) mass is 455 g/mol. The zero-order valence-electron chi connectivity index (χ0n) is 20.1. The number of anilines is 1. The molecule has 0 radical (unpaired) electrons. The Morgan fingerprint density at radius 3 is 2.19 bits per heavy atom. The molecule has 1 amide bonds. The number of amides is 1. The first-order chi connectivity index (χ1) is 15.1. The Morgan fingerprint density at radius 1 is 1.00 bits per heavy atom. The van der Waals surface area contributed by atoms with Crippen molar-refractivity contribution in [3.8, 4) is 11.5 Å². The minimum absolute atomic E-state index is 0.0396. The highest BCUT2D eigenvalue weighted by molar-refractivity contribution is 7.22. The maximum atomic E-state index is 13.5. The van der Waals surface area contributed by atoms with Crippen molar-refractivity contribution in [1.29, 1.82) is 0 Å². The summed E-state index contributed by atoms with van der Waals surface area (Å²) in [5, 5.41) is 0.680. The van der Waals surface area contributed by atoms with E-state index in [1.54, 1.807) is 19.1 Å².